The highest BCUT2D eigenvalue weighted by atomic mass is 19.4. The lowest BCUT2D eigenvalue weighted by molar-refractivity contribution is -0.137. The summed E-state index contributed by atoms with van der Waals surface area (Å²) in [5, 5.41) is 15.1. The first-order valence-electron chi connectivity index (χ1n) is 11.5. The Hall–Kier alpha value is -4.35. The molecule has 7 nitrogen and oxygen atoms in total. The van der Waals surface area contributed by atoms with E-state index in [1.54, 1.807) is 20.8 Å². The molecule has 2 amide bonds. The van der Waals surface area contributed by atoms with Crippen LogP contribution in [0.4, 0.5) is 32.4 Å². The Morgan fingerprint density at radius 1 is 0.923 bits per heavy atom. The zero-order chi connectivity index (χ0) is 29.0. The number of rotatable bonds is 7. The minimum atomic E-state index is -4.77. The van der Waals surface area contributed by atoms with Crippen LogP contribution in [0, 0.1) is 11.6 Å². The molecule has 12 heteroatoms. The number of nitrogens with one attached hydrogen (secondary N) is 2. The number of amides is 2. The SMILES string of the molecule is CC(C)(C)OC(=O)NCCOc1ccc(C(=O)Nc2cc(C(F)(F)F)ccc2-c2ccc(F)cc2F)c(O)c1. The maximum Gasteiger partial charge on any atom is 0.416 e. The van der Waals surface area contributed by atoms with Crippen molar-refractivity contribution in [3.8, 4) is 22.6 Å². The van der Waals surface area contributed by atoms with Crippen molar-refractivity contribution in [3.05, 3.63) is 77.4 Å². The quantitative estimate of drug-likeness (QED) is 0.229. The Morgan fingerprint density at radius 3 is 2.23 bits per heavy atom. The van der Waals surface area contributed by atoms with Crippen LogP contribution in [0.3, 0.4) is 0 Å². The Morgan fingerprint density at radius 2 is 1.62 bits per heavy atom. The van der Waals surface area contributed by atoms with Crippen molar-refractivity contribution in [2.45, 2.75) is 32.5 Å². The molecule has 0 unspecified atom stereocenters. The fourth-order valence-corrected chi connectivity index (χ4v) is 3.39. The number of anilines is 1. The number of carbonyl (C=O) groups is 2. The number of benzene rings is 3. The van der Waals surface area contributed by atoms with Gasteiger partial charge in [0.15, 0.2) is 0 Å². The molecule has 0 saturated heterocycles. The van der Waals surface area contributed by atoms with Gasteiger partial charge in [0.05, 0.1) is 17.7 Å². The van der Waals surface area contributed by atoms with Crippen LogP contribution in [0.2, 0.25) is 0 Å². The molecule has 0 radical (unpaired) electrons. The van der Waals surface area contributed by atoms with Crippen molar-refractivity contribution in [3.63, 3.8) is 0 Å². The third-order valence-corrected chi connectivity index (χ3v) is 5.07. The van der Waals surface area contributed by atoms with Crippen LogP contribution in [0.5, 0.6) is 11.5 Å². The first kappa shape index (κ1) is 29.2. The van der Waals surface area contributed by atoms with Gasteiger partial charge in [-0.3, -0.25) is 4.79 Å². The molecule has 0 aliphatic rings. The molecular formula is C27H25F5N2O5. The van der Waals surface area contributed by atoms with E-state index < -0.39 is 52.4 Å². The van der Waals surface area contributed by atoms with Crippen LogP contribution in [0.25, 0.3) is 11.1 Å². The second-order valence-electron chi connectivity index (χ2n) is 9.29. The molecule has 0 saturated carbocycles. The molecule has 0 heterocycles. The number of phenolic OH excluding ortho intramolecular Hbond substituents is 1. The average molecular weight is 552 g/mol. The van der Waals surface area contributed by atoms with Crippen LogP contribution in [-0.2, 0) is 10.9 Å². The van der Waals surface area contributed by atoms with Gasteiger partial charge >= 0.3 is 12.3 Å². The number of alkyl halides is 3. The van der Waals surface area contributed by atoms with E-state index in [9.17, 15) is 36.6 Å². The molecule has 208 valence electrons. The zero-order valence-electron chi connectivity index (χ0n) is 21.1. The van der Waals surface area contributed by atoms with Gasteiger partial charge in [-0.15, -0.1) is 0 Å². The molecule has 3 rings (SSSR count). The van der Waals surface area contributed by atoms with Gasteiger partial charge in [0.1, 0.15) is 35.3 Å². The van der Waals surface area contributed by atoms with Crippen molar-refractivity contribution in [2.24, 2.45) is 0 Å². The van der Waals surface area contributed by atoms with Crippen LogP contribution < -0.4 is 15.4 Å². The predicted molar refractivity (Wildman–Crippen MR) is 133 cm³/mol. The minimum Gasteiger partial charge on any atom is -0.507 e. The molecular weight excluding hydrogens is 527 g/mol. The smallest absolute Gasteiger partial charge is 0.416 e. The van der Waals surface area contributed by atoms with E-state index >= 15 is 0 Å². The zero-order valence-corrected chi connectivity index (χ0v) is 21.1. The third kappa shape index (κ3) is 8.06. The summed E-state index contributed by atoms with van der Waals surface area (Å²) in [6, 6.07) is 8.40. The number of hydrogen-bond donors (Lipinski definition) is 3. The van der Waals surface area contributed by atoms with E-state index in [1.807, 2.05) is 0 Å². The monoisotopic (exact) mass is 552 g/mol. The van der Waals surface area contributed by atoms with Crippen molar-refractivity contribution in [2.75, 3.05) is 18.5 Å². The van der Waals surface area contributed by atoms with Gasteiger partial charge in [-0.2, -0.15) is 13.2 Å². The van der Waals surface area contributed by atoms with E-state index in [-0.39, 0.29) is 35.6 Å². The Kier molecular flexibility index (Phi) is 8.68. The van der Waals surface area contributed by atoms with Gasteiger partial charge in [-0.25, -0.2) is 13.6 Å². The summed E-state index contributed by atoms with van der Waals surface area (Å²) in [4.78, 5) is 24.5. The summed E-state index contributed by atoms with van der Waals surface area (Å²) in [6.45, 7) is 5.20. The molecule has 3 aromatic carbocycles. The number of alkyl carbamates (subject to hydrolysis) is 1. The summed E-state index contributed by atoms with van der Waals surface area (Å²) in [6.07, 6.45) is -5.41. The maximum atomic E-state index is 14.4. The standard InChI is InChI=1S/C27H25F5N2O5/c1-26(2,3)39-25(37)33-10-11-38-17-6-9-20(23(35)14-17)24(36)34-22-12-15(27(30,31)32)4-7-19(22)18-8-5-16(28)13-21(18)29/h4-9,12-14,35H,10-11H2,1-3H3,(H,33,37)(H,34,36). The van der Waals surface area contributed by atoms with E-state index in [1.165, 1.54) is 12.1 Å². The molecule has 39 heavy (non-hydrogen) atoms. The van der Waals surface area contributed by atoms with Crippen LogP contribution in [-0.4, -0.2) is 35.9 Å². The highest BCUT2D eigenvalue weighted by molar-refractivity contribution is 6.08. The van der Waals surface area contributed by atoms with Crippen molar-refractivity contribution >= 4 is 17.7 Å². The summed E-state index contributed by atoms with van der Waals surface area (Å²) in [5.41, 5.74) is -2.88. The highest BCUT2D eigenvalue weighted by Crippen LogP contribution is 2.37. The molecule has 0 fully saturated rings. The summed E-state index contributed by atoms with van der Waals surface area (Å²) in [5.74, 6) is -3.33. The van der Waals surface area contributed by atoms with Gasteiger partial charge in [0.25, 0.3) is 5.91 Å². The molecule has 0 spiro atoms. The lowest BCUT2D eigenvalue weighted by Crippen LogP contribution is -2.34. The molecule has 0 aliphatic heterocycles. The molecule has 3 N–H and O–H groups in total. The molecule has 0 bridgehead atoms. The normalized spacial score (nSPS) is 11.6. The Bertz CT molecular complexity index is 1370. The fraction of sp³-hybridized carbons (Fsp3) is 0.259. The number of ether oxygens (including phenoxy) is 2. The molecule has 3 aromatic rings. The average Bonchev–Trinajstić information content (AvgIpc) is 2.80. The molecule has 0 aliphatic carbocycles. The van der Waals surface area contributed by atoms with Gasteiger partial charge in [-0.05, 0) is 57.2 Å². The van der Waals surface area contributed by atoms with Gasteiger partial charge in [0, 0.05) is 28.9 Å². The van der Waals surface area contributed by atoms with Crippen molar-refractivity contribution in [1.82, 2.24) is 5.32 Å². The highest BCUT2D eigenvalue weighted by Gasteiger charge is 2.31. The number of aromatic hydroxyl groups is 1. The van der Waals surface area contributed by atoms with Crippen molar-refractivity contribution < 1.29 is 46.1 Å². The van der Waals surface area contributed by atoms with E-state index in [0.29, 0.717) is 18.2 Å². The summed E-state index contributed by atoms with van der Waals surface area (Å²) < 4.78 is 78.2. The first-order chi connectivity index (χ1) is 18.1. The predicted octanol–water partition coefficient (Wildman–Crippen LogP) is 6.51. The third-order valence-electron chi connectivity index (χ3n) is 5.07. The fourth-order valence-electron chi connectivity index (χ4n) is 3.39. The topological polar surface area (TPSA) is 96.9 Å². The maximum absolute atomic E-state index is 14.4. The van der Waals surface area contributed by atoms with E-state index in [0.717, 1.165) is 24.3 Å². The van der Waals surface area contributed by atoms with Gasteiger partial charge in [0.2, 0.25) is 0 Å². The summed E-state index contributed by atoms with van der Waals surface area (Å²) >= 11 is 0. The largest absolute Gasteiger partial charge is 0.507 e. The van der Waals surface area contributed by atoms with E-state index in [4.69, 9.17) is 9.47 Å². The summed E-state index contributed by atoms with van der Waals surface area (Å²) in [7, 11) is 0. The Balaban J connectivity index is 1.76. The first-order valence-corrected chi connectivity index (χ1v) is 11.5. The number of phenols is 1. The number of halogens is 5. The second-order valence-corrected chi connectivity index (χ2v) is 9.29. The van der Waals surface area contributed by atoms with Gasteiger partial charge in [-0.1, -0.05) is 6.07 Å². The molecule has 0 aromatic heterocycles. The second kappa shape index (κ2) is 11.6. The minimum absolute atomic E-state index is 0.00105. The lowest BCUT2D eigenvalue weighted by Gasteiger charge is -2.19. The number of carbonyl (C=O) groups excluding carboxylic acids is 2. The van der Waals surface area contributed by atoms with Crippen LogP contribution in [0.1, 0.15) is 36.7 Å². The van der Waals surface area contributed by atoms with Crippen LogP contribution in [0.15, 0.2) is 54.6 Å². The number of hydrogen-bond acceptors (Lipinski definition) is 5. The Labute approximate surface area is 220 Å². The van der Waals surface area contributed by atoms with Crippen molar-refractivity contribution in [1.29, 1.82) is 0 Å². The van der Waals surface area contributed by atoms with E-state index in [2.05, 4.69) is 10.6 Å². The van der Waals surface area contributed by atoms with Gasteiger partial charge < -0.3 is 25.2 Å². The van der Waals surface area contributed by atoms with Crippen LogP contribution >= 0.6 is 0 Å². The lowest BCUT2D eigenvalue weighted by atomic mass is 10.00. The molecule has 0 atom stereocenters.